The molecule has 1 saturated carbocycles. The summed E-state index contributed by atoms with van der Waals surface area (Å²) < 4.78 is 0. The van der Waals surface area contributed by atoms with Crippen molar-refractivity contribution in [1.82, 2.24) is 5.32 Å². The summed E-state index contributed by atoms with van der Waals surface area (Å²) in [7, 11) is 0. The number of thioether (sulfide) groups is 1. The average molecular weight is 257 g/mol. The number of rotatable bonds is 8. The summed E-state index contributed by atoms with van der Waals surface area (Å²) in [5.74, 6) is 2.31. The highest BCUT2D eigenvalue weighted by molar-refractivity contribution is 7.99. The Kier molecular flexibility index (Phi) is 8.38. The molecule has 3 atom stereocenters. The average Bonchev–Trinajstić information content (AvgIpc) is 2.33. The molecule has 0 radical (unpaired) electrons. The van der Waals surface area contributed by atoms with Crippen LogP contribution in [0.25, 0.3) is 0 Å². The van der Waals surface area contributed by atoms with Gasteiger partial charge < -0.3 is 5.32 Å². The van der Waals surface area contributed by atoms with Crippen LogP contribution in [0.4, 0.5) is 0 Å². The van der Waals surface area contributed by atoms with E-state index in [0.717, 1.165) is 17.2 Å². The molecule has 0 spiro atoms. The van der Waals surface area contributed by atoms with Gasteiger partial charge in [0.05, 0.1) is 0 Å². The second kappa shape index (κ2) is 9.27. The number of unbranched alkanes of at least 4 members (excludes halogenated alkanes) is 2. The summed E-state index contributed by atoms with van der Waals surface area (Å²) in [5, 5.41) is 4.64. The maximum Gasteiger partial charge on any atom is 0.0203 e. The van der Waals surface area contributed by atoms with Gasteiger partial charge in [-0.15, -0.1) is 0 Å². The van der Waals surface area contributed by atoms with Crippen molar-refractivity contribution in [3.8, 4) is 0 Å². The first-order valence-electron chi connectivity index (χ1n) is 7.62. The van der Waals surface area contributed by atoms with E-state index in [1.165, 1.54) is 57.2 Å². The van der Waals surface area contributed by atoms with Crippen LogP contribution in [0.5, 0.6) is 0 Å². The Labute approximate surface area is 113 Å². The van der Waals surface area contributed by atoms with Crippen LogP contribution in [-0.2, 0) is 0 Å². The standard InChI is InChI=1S/C15H31NS/c1-4-6-7-11-17-15-12-13(3)8-9-14(15)16-10-5-2/h13-16H,4-12H2,1-3H3. The van der Waals surface area contributed by atoms with Crippen LogP contribution >= 0.6 is 11.8 Å². The highest BCUT2D eigenvalue weighted by Gasteiger charge is 2.28. The van der Waals surface area contributed by atoms with Crippen molar-refractivity contribution in [2.24, 2.45) is 5.92 Å². The molecular weight excluding hydrogens is 226 g/mol. The fourth-order valence-corrected chi connectivity index (χ4v) is 4.27. The molecule has 102 valence electrons. The SMILES string of the molecule is CCCCCSC1CC(C)CCC1NCCC. The van der Waals surface area contributed by atoms with Crippen molar-refractivity contribution in [2.75, 3.05) is 12.3 Å². The Bertz CT molecular complexity index is 182. The van der Waals surface area contributed by atoms with Crippen molar-refractivity contribution in [3.05, 3.63) is 0 Å². The summed E-state index contributed by atoms with van der Waals surface area (Å²) in [5.41, 5.74) is 0. The molecule has 0 aromatic carbocycles. The normalized spacial score (nSPS) is 29.5. The molecule has 2 heteroatoms. The third-order valence-electron chi connectivity index (χ3n) is 3.79. The van der Waals surface area contributed by atoms with E-state index in [2.05, 4.69) is 37.8 Å². The van der Waals surface area contributed by atoms with E-state index >= 15 is 0 Å². The van der Waals surface area contributed by atoms with E-state index in [1.54, 1.807) is 0 Å². The quantitative estimate of drug-likeness (QED) is 0.644. The Hall–Kier alpha value is 0.310. The molecule has 17 heavy (non-hydrogen) atoms. The van der Waals surface area contributed by atoms with Crippen LogP contribution in [0.15, 0.2) is 0 Å². The molecule has 0 bridgehead atoms. The second-order valence-corrected chi connectivity index (χ2v) is 6.94. The molecule has 0 saturated heterocycles. The third kappa shape index (κ3) is 6.15. The lowest BCUT2D eigenvalue weighted by Gasteiger charge is -2.35. The summed E-state index contributed by atoms with van der Waals surface area (Å²) in [6.07, 6.45) is 9.67. The fraction of sp³-hybridized carbons (Fsp3) is 1.00. The van der Waals surface area contributed by atoms with Crippen molar-refractivity contribution in [3.63, 3.8) is 0 Å². The zero-order valence-electron chi connectivity index (χ0n) is 12.0. The summed E-state index contributed by atoms with van der Waals surface area (Å²) in [6.45, 7) is 8.18. The monoisotopic (exact) mass is 257 g/mol. The Morgan fingerprint density at radius 3 is 2.65 bits per heavy atom. The van der Waals surface area contributed by atoms with Crippen LogP contribution in [0, 0.1) is 5.92 Å². The van der Waals surface area contributed by atoms with Crippen LogP contribution in [-0.4, -0.2) is 23.6 Å². The van der Waals surface area contributed by atoms with Crippen molar-refractivity contribution in [2.45, 2.75) is 77.0 Å². The molecule has 1 nitrogen and oxygen atoms in total. The van der Waals surface area contributed by atoms with Gasteiger partial charge in [0, 0.05) is 11.3 Å². The maximum atomic E-state index is 3.76. The van der Waals surface area contributed by atoms with E-state index in [0.29, 0.717) is 0 Å². The van der Waals surface area contributed by atoms with Gasteiger partial charge in [0.1, 0.15) is 0 Å². The molecule has 0 aromatic heterocycles. The van der Waals surface area contributed by atoms with E-state index in [4.69, 9.17) is 0 Å². The third-order valence-corrected chi connectivity index (χ3v) is 5.26. The van der Waals surface area contributed by atoms with Gasteiger partial charge in [0.2, 0.25) is 0 Å². The van der Waals surface area contributed by atoms with Gasteiger partial charge in [-0.3, -0.25) is 0 Å². The fourth-order valence-electron chi connectivity index (χ4n) is 2.66. The Morgan fingerprint density at radius 1 is 1.12 bits per heavy atom. The van der Waals surface area contributed by atoms with Gasteiger partial charge >= 0.3 is 0 Å². The number of nitrogens with one attached hydrogen (secondary N) is 1. The van der Waals surface area contributed by atoms with E-state index in [1.807, 2.05) is 0 Å². The molecule has 1 fully saturated rings. The van der Waals surface area contributed by atoms with E-state index < -0.39 is 0 Å². The van der Waals surface area contributed by atoms with Crippen molar-refractivity contribution < 1.29 is 0 Å². The summed E-state index contributed by atoms with van der Waals surface area (Å²) in [6, 6.07) is 0.790. The smallest absolute Gasteiger partial charge is 0.0203 e. The van der Waals surface area contributed by atoms with Crippen LogP contribution < -0.4 is 5.32 Å². The van der Waals surface area contributed by atoms with Gasteiger partial charge in [-0.2, -0.15) is 11.8 Å². The highest BCUT2D eigenvalue weighted by atomic mass is 32.2. The first kappa shape index (κ1) is 15.4. The second-order valence-electron chi connectivity index (χ2n) is 5.60. The van der Waals surface area contributed by atoms with Gasteiger partial charge in [0.25, 0.3) is 0 Å². The van der Waals surface area contributed by atoms with E-state index in [-0.39, 0.29) is 0 Å². The van der Waals surface area contributed by atoms with Crippen molar-refractivity contribution >= 4 is 11.8 Å². The molecule has 1 aliphatic rings. The predicted molar refractivity (Wildman–Crippen MR) is 80.9 cm³/mol. The molecule has 0 heterocycles. The Morgan fingerprint density at radius 2 is 1.94 bits per heavy atom. The first-order valence-corrected chi connectivity index (χ1v) is 8.67. The largest absolute Gasteiger partial charge is 0.313 e. The molecule has 1 rings (SSSR count). The lowest BCUT2D eigenvalue weighted by atomic mass is 9.87. The van der Waals surface area contributed by atoms with Gasteiger partial charge in [0.15, 0.2) is 0 Å². The van der Waals surface area contributed by atoms with E-state index in [9.17, 15) is 0 Å². The summed E-state index contributed by atoms with van der Waals surface area (Å²) in [4.78, 5) is 0. The highest BCUT2D eigenvalue weighted by Crippen LogP contribution is 2.32. The zero-order valence-corrected chi connectivity index (χ0v) is 12.8. The molecule has 0 amide bonds. The minimum atomic E-state index is 0.790. The minimum absolute atomic E-state index is 0.790. The number of hydrogen-bond acceptors (Lipinski definition) is 2. The summed E-state index contributed by atoms with van der Waals surface area (Å²) >= 11 is 2.24. The van der Waals surface area contributed by atoms with Crippen LogP contribution in [0.2, 0.25) is 0 Å². The van der Waals surface area contributed by atoms with Gasteiger partial charge in [-0.25, -0.2) is 0 Å². The lowest BCUT2D eigenvalue weighted by Crippen LogP contribution is -2.42. The molecule has 3 unspecified atom stereocenters. The van der Waals surface area contributed by atoms with Gasteiger partial charge in [-0.1, -0.05) is 33.6 Å². The first-order chi connectivity index (χ1) is 8.27. The van der Waals surface area contributed by atoms with Crippen molar-refractivity contribution in [1.29, 1.82) is 0 Å². The molecule has 1 aliphatic carbocycles. The number of hydrogen-bond donors (Lipinski definition) is 1. The Balaban J connectivity index is 2.27. The predicted octanol–water partition coefficient (Wildman–Crippen LogP) is 4.47. The maximum absolute atomic E-state index is 3.76. The van der Waals surface area contributed by atoms with Crippen LogP contribution in [0.1, 0.15) is 65.7 Å². The van der Waals surface area contributed by atoms with Crippen LogP contribution in [0.3, 0.4) is 0 Å². The molecule has 1 N–H and O–H groups in total. The zero-order chi connectivity index (χ0) is 12.5. The molecular formula is C15H31NS. The van der Waals surface area contributed by atoms with Gasteiger partial charge in [-0.05, 0) is 50.3 Å². The topological polar surface area (TPSA) is 12.0 Å². The minimum Gasteiger partial charge on any atom is -0.313 e. The molecule has 0 aliphatic heterocycles. The lowest BCUT2D eigenvalue weighted by molar-refractivity contribution is 0.317. The molecule has 0 aromatic rings.